The highest BCUT2D eigenvalue weighted by Gasteiger charge is 2.48. The lowest BCUT2D eigenvalue weighted by Crippen LogP contribution is -2.49. The number of aliphatic hydroxyl groups is 1. The molecule has 1 unspecified atom stereocenters. The molecule has 1 atom stereocenters. The van der Waals surface area contributed by atoms with Crippen LogP contribution < -0.4 is 0 Å². The van der Waals surface area contributed by atoms with Crippen LogP contribution >= 0.6 is 7.60 Å². The molecule has 0 aliphatic rings. The molecule has 0 saturated carbocycles. The highest BCUT2D eigenvalue weighted by atomic mass is 31.2. The molecule has 0 heterocycles. The summed E-state index contributed by atoms with van der Waals surface area (Å²) in [5, 5.41) is 8.51. The maximum atomic E-state index is 11.7. The molecule has 0 aliphatic heterocycles. The van der Waals surface area contributed by atoms with Crippen LogP contribution in [-0.4, -0.2) is 52.4 Å². The molecule has 0 aromatic carbocycles. The second-order valence-electron chi connectivity index (χ2n) is 9.30. The van der Waals surface area contributed by atoms with Crippen molar-refractivity contribution in [3.8, 4) is 0 Å². The summed E-state index contributed by atoms with van der Waals surface area (Å²) in [6.07, 6.45) is 22.8. The number of hydrogen-bond acceptors (Lipinski definition) is 2. The Morgan fingerprint density at radius 2 is 1.21 bits per heavy atom. The average Bonchev–Trinajstić information content (AvgIpc) is 2.59. The zero-order valence-electron chi connectivity index (χ0n) is 19.4. The Bertz CT molecular complexity index is 507. The van der Waals surface area contributed by atoms with Crippen molar-refractivity contribution in [2.24, 2.45) is 0 Å². The Labute approximate surface area is 179 Å². The first-order valence-corrected chi connectivity index (χ1v) is 13.0. The molecule has 0 radical (unpaired) electrons. The van der Waals surface area contributed by atoms with Gasteiger partial charge in [-0.1, -0.05) is 76.2 Å². The number of nitrogens with zero attached hydrogens (tertiary/aromatic N) is 1. The van der Waals surface area contributed by atoms with E-state index in [1.165, 1.54) is 51.4 Å². The number of allylic oxidation sites excluding steroid dienone is 4. The summed E-state index contributed by atoms with van der Waals surface area (Å²) in [7, 11) is 0.869. The van der Waals surface area contributed by atoms with E-state index in [9.17, 15) is 19.5 Å². The van der Waals surface area contributed by atoms with Crippen LogP contribution in [0.15, 0.2) is 24.3 Å². The minimum Gasteiger partial charge on any atom is -0.373 e. The molecular formula is C23H47NO4P+. The summed E-state index contributed by atoms with van der Waals surface area (Å²) in [6.45, 7) is 2.27. The van der Waals surface area contributed by atoms with E-state index in [1.54, 1.807) is 0 Å². The summed E-state index contributed by atoms with van der Waals surface area (Å²) in [6, 6.07) is 0. The lowest BCUT2D eigenvalue weighted by Gasteiger charge is -2.35. The van der Waals surface area contributed by atoms with Crippen LogP contribution in [0.25, 0.3) is 0 Å². The monoisotopic (exact) mass is 432 g/mol. The lowest BCUT2D eigenvalue weighted by atomic mass is 10.1. The van der Waals surface area contributed by atoms with Gasteiger partial charge in [-0.05, 0) is 38.5 Å². The smallest absolute Gasteiger partial charge is 0.362 e. The lowest BCUT2D eigenvalue weighted by molar-refractivity contribution is -0.875. The van der Waals surface area contributed by atoms with E-state index in [1.807, 2.05) is 33.3 Å². The number of likely N-dealkylation sites (N-methyl/N-ethyl adjacent to an activating group) is 1. The van der Waals surface area contributed by atoms with Crippen LogP contribution in [0, 0.1) is 0 Å². The van der Waals surface area contributed by atoms with E-state index in [0.29, 0.717) is 10.9 Å². The summed E-state index contributed by atoms with van der Waals surface area (Å²) in [5.74, 6) is 0. The van der Waals surface area contributed by atoms with E-state index in [0.717, 1.165) is 19.3 Å². The molecule has 3 N–H and O–H groups in total. The van der Waals surface area contributed by atoms with Gasteiger partial charge in [0.05, 0.1) is 21.1 Å². The van der Waals surface area contributed by atoms with Crippen molar-refractivity contribution >= 4 is 7.60 Å². The molecule has 0 saturated heterocycles. The van der Waals surface area contributed by atoms with Gasteiger partial charge < -0.3 is 19.4 Å². The quantitative estimate of drug-likeness (QED) is 0.111. The van der Waals surface area contributed by atoms with Gasteiger partial charge in [-0.3, -0.25) is 4.57 Å². The van der Waals surface area contributed by atoms with E-state index in [-0.39, 0.29) is 13.0 Å². The van der Waals surface area contributed by atoms with Gasteiger partial charge in [0.25, 0.3) is 0 Å². The first-order valence-electron chi connectivity index (χ1n) is 11.4. The maximum Gasteiger partial charge on any atom is 0.362 e. The first-order chi connectivity index (χ1) is 13.5. The molecule has 0 rings (SSSR count). The highest BCUT2D eigenvalue weighted by molar-refractivity contribution is 7.53. The standard InChI is InChI=1S/C23H46NO4P/c1-5-6-7-8-9-10-11-12-13-14-15-16-17-18-19-20-21-23(25,29(26,27)28)22-24(2,3)4/h14-15,18-19,25H,5-13,16-17,20-22H2,1-4H3,(H-,26,27,28)/p+1/b15-14-,19-18-. The highest BCUT2D eigenvalue weighted by Crippen LogP contribution is 2.52. The van der Waals surface area contributed by atoms with Crippen LogP contribution in [0.4, 0.5) is 0 Å². The van der Waals surface area contributed by atoms with Gasteiger partial charge in [-0.25, -0.2) is 0 Å². The normalized spacial score (nSPS) is 15.4. The molecule has 0 aromatic heterocycles. The maximum absolute atomic E-state index is 11.7. The second kappa shape index (κ2) is 15.4. The van der Waals surface area contributed by atoms with Gasteiger partial charge in [0.15, 0.2) is 0 Å². The number of unbranched alkanes of at least 4 members (excludes halogenated alkanes) is 9. The fourth-order valence-electron chi connectivity index (χ4n) is 3.45. The molecule has 0 bridgehead atoms. The van der Waals surface area contributed by atoms with Crippen LogP contribution in [0.2, 0.25) is 0 Å². The molecule has 29 heavy (non-hydrogen) atoms. The molecule has 5 nitrogen and oxygen atoms in total. The molecule has 0 spiro atoms. The summed E-state index contributed by atoms with van der Waals surface area (Å²) < 4.78 is 12.0. The van der Waals surface area contributed by atoms with Gasteiger partial charge in [0.2, 0.25) is 5.34 Å². The Hall–Kier alpha value is -0.450. The fraction of sp³-hybridized carbons (Fsp3) is 0.826. The number of quaternary nitrogens is 1. The summed E-state index contributed by atoms with van der Waals surface area (Å²) in [4.78, 5) is 19.1. The molecule has 0 aliphatic carbocycles. The zero-order chi connectivity index (χ0) is 22.2. The third-order valence-electron chi connectivity index (χ3n) is 5.04. The van der Waals surface area contributed by atoms with E-state index >= 15 is 0 Å². The summed E-state index contributed by atoms with van der Waals surface area (Å²) >= 11 is 0. The zero-order valence-corrected chi connectivity index (χ0v) is 20.2. The van der Waals surface area contributed by atoms with Crippen molar-refractivity contribution in [1.29, 1.82) is 0 Å². The van der Waals surface area contributed by atoms with Crippen molar-refractivity contribution in [3.05, 3.63) is 24.3 Å². The van der Waals surface area contributed by atoms with Crippen LogP contribution in [-0.2, 0) is 4.57 Å². The van der Waals surface area contributed by atoms with Crippen molar-refractivity contribution in [3.63, 3.8) is 0 Å². The predicted molar refractivity (Wildman–Crippen MR) is 124 cm³/mol. The SMILES string of the molecule is CCCCCCCCCC/C=C\CC/C=C\CCC(O)(C[N+](C)(C)C)P(=O)(O)O. The molecule has 6 heteroatoms. The van der Waals surface area contributed by atoms with Crippen molar-refractivity contribution < 1.29 is 23.9 Å². The minimum atomic E-state index is -4.58. The van der Waals surface area contributed by atoms with Crippen LogP contribution in [0.3, 0.4) is 0 Å². The van der Waals surface area contributed by atoms with Crippen LogP contribution in [0.5, 0.6) is 0 Å². The molecule has 0 amide bonds. The molecular weight excluding hydrogens is 385 g/mol. The Morgan fingerprint density at radius 1 is 0.759 bits per heavy atom. The minimum absolute atomic E-state index is 0.0204. The Morgan fingerprint density at radius 3 is 1.69 bits per heavy atom. The van der Waals surface area contributed by atoms with Gasteiger partial charge in [0, 0.05) is 0 Å². The molecule has 172 valence electrons. The van der Waals surface area contributed by atoms with E-state index < -0.39 is 12.9 Å². The molecule has 0 aromatic rings. The Kier molecular flexibility index (Phi) is 15.1. The van der Waals surface area contributed by atoms with Crippen molar-refractivity contribution in [1.82, 2.24) is 0 Å². The van der Waals surface area contributed by atoms with Gasteiger partial charge >= 0.3 is 7.60 Å². The largest absolute Gasteiger partial charge is 0.373 e. The van der Waals surface area contributed by atoms with Crippen molar-refractivity contribution in [2.45, 2.75) is 95.7 Å². The Balaban J connectivity index is 3.87. The van der Waals surface area contributed by atoms with E-state index in [4.69, 9.17) is 0 Å². The topological polar surface area (TPSA) is 77.8 Å². The fourth-order valence-corrected chi connectivity index (χ4v) is 4.48. The average molecular weight is 433 g/mol. The number of hydrogen-bond donors (Lipinski definition) is 3. The second-order valence-corrected chi connectivity index (χ2v) is 11.2. The van der Waals surface area contributed by atoms with Gasteiger partial charge in [-0.2, -0.15) is 0 Å². The molecule has 0 fully saturated rings. The third kappa shape index (κ3) is 16.0. The number of rotatable bonds is 18. The predicted octanol–water partition coefficient (Wildman–Crippen LogP) is 5.76. The van der Waals surface area contributed by atoms with Gasteiger partial charge in [0.1, 0.15) is 6.54 Å². The van der Waals surface area contributed by atoms with E-state index in [2.05, 4.69) is 19.1 Å². The van der Waals surface area contributed by atoms with Gasteiger partial charge in [-0.15, -0.1) is 0 Å². The first kappa shape index (κ1) is 28.5. The third-order valence-corrected chi connectivity index (χ3v) is 6.49. The van der Waals surface area contributed by atoms with Crippen molar-refractivity contribution in [2.75, 3.05) is 27.7 Å². The van der Waals surface area contributed by atoms with Crippen LogP contribution in [0.1, 0.15) is 90.4 Å². The summed E-state index contributed by atoms with van der Waals surface area (Å²) in [5.41, 5.74) is 0.